The molecule has 1 aromatic rings. The maximum atomic E-state index is 11.9. The van der Waals surface area contributed by atoms with Crippen molar-refractivity contribution in [1.29, 1.82) is 0 Å². The molecule has 0 spiro atoms. The third kappa shape index (κ3) is 3.71. The number of carbonyl (C=O) groups is 2. The van der Waals surface area contributed by atoms with Gasteiger partial charge in [0.25, 0.3) is 5.91 Å². The van der Waals surface area contributed by atoms with Crippen molar-refractivity contribution in [2.75, 3.05) is 0 Å². The zero-order valence-corrected chi connectivity index (χ0v) is 12.2. The Balaban J connectivity index is 2.91. The molecule has 0 aromatic heterocycles. The number of aliphatic carboxylic acids is 1. The SMILES string of the molecule is CC(C)[C@H](NC(=O)c1ccc(Cl)cc1Br)C(=O)O. The Kier molecular flexibility index (Phi) is 5.16. The van der Waals surface area contributed by atoms with Crippen molar-refractivity contribution in [2.45, 2.75) is 19.9 Å². The number of hydrogen-bond acceptors (Lipinski definition) is 2. The van der Waals surface area contributed by atoms with Crippen LogP contribution in [0, 0.1) is 5.92 Å². The fourth-order valence-corrected chi connectivity index (χ4v) is 2.27. The van der Waals surface area contributed by atoms with Gasteiger partial charge in [-0.25, -0.2) is 4.79 Å². The molecule has 4 nitrogen and oxygen atoms in total. The molecule has 0 saturated carbocycles. The van der Waals surface area contributed by atoms with Crippen molar-refractivity contribution in [3.8, 4) is 0 Å². The summed E-state index contributed by atoms with van der Waals surface area (Å²) in [6, 6.07) is 3.79. The van der Waals surface area contributed by atoms with Crippen molar-refractivity contribution in [3.63, 3.8) is 0 Å². The van der Waals surface area contributed by atoms with Crippen LogP contribution in [0.2, 0.25) is 5.02 Å². The predicted molar refractivity (Wildman–Crippen MR) is 72.9 cm³/mol. The van der Waals surface area contributed by atoms with Crippen LogP contribution in [-0.4, -0.2) is 23.0 Å². The van der Waals surface area contributed by atoms with Gasteiger partial charge in [0.2, 0.25) is 0 Å². The van der Waals surface area contributed by atoms with Gasteiger partial charge in [-0.3, -0.25) is 4.79 Å². The monoisotopic (exact) mass is 333 g/mol. The number of nitrogens with one attached hydrogen (secondary N) is 1. The molecule has 0 fully saturated rings. The fraction of sp³-hybridized carbons (Fsp3) is 0.333. The lowest BCUT2D eigenvalue weighted by molar-refractivity contribution is -0.140. The number of carboxylic acids is 1. The minimum absolute atomic E-state index is 0.197. The number of carboxylic acid groups (broad SMARTS) is 1. The highest BCUT2D eigenvalue weighted by Crippen LogP contribution is 2.21. The van der Waals surface area contributed by atoms with E-state index in [1.54, 1.807) is 32.0 Å². The van der Waals surface area contributed by atoms with Gasteiger partial charge >= 0.3 is 5.97 Å². The first-order chi connectivity index (χ1) is 8.32. The summed E-state index contributed by atoms with van der Waals surface area (Å²) >= 11 is 8.99. The summed E-state index contributed by atoms with van der Waals surface area (Å²) in [6.07, 6.45) is 0. The van der Waals surface area contributed by atoms with Gasteiger partial charge in [0.1, 0.15) is 6.04 Å². The van der Waals surface area contributed by atoms with Gasteiger partial charge in [0.05, 0.1) is 5.56 Å². The Hall–Kier alpha value is -1.07. The molecule has 0 radical (unpaired) electrons. The molecule has 1 rings (SSSR count). The van der Waals surface area contributed by atoms with Crippen molar-refractivity contribution in [3.05, 3.63) is 33.3 Å². The predicted octanol–water partition coefficient (Wildman–Crippen LogP) is 2.94. The van der Waals surface area contributed by atoms with Crippen LogP contribution in [0.4, 0.5) is 0 Å². The fourth-order valence-electron chi connectivity index (χ4n) is 1.41. The average Bonchev–Trinajstić information content (AvgIpc) is 2.24. The molecule has 0 aliphatic rings. The molecule has 1 amide bonds. The summed E-state index contributed by atoms with van der Waals surface area (Å²) in [4.78, 5) is 22.9. The van der Waals surface area contributed by atoms with E-state index in [1.165, 1.54) is 0 Å². The normalized spacial score (nSPS) is 12.3. The molecule has 2 N–H and O–H groups in total. The molecule has 0 aliphatic carbocycles. The Labute approximate surface area is 118 Å². The molecule has 0 heterocycles. The average molecular weight is 335 g/mol. The lowest BCUT2D eigenvalue weighted by atomic mass is 10.0. The zero-order chi connectivity index (χ0) is 13.9. The van der Waals surface area contributed by atoms with Crippen LogP contribution < -0.4 is 5.32 Å². The Morgan fingerprint density at radius 1 is 1.39 bits per heavy atom. The first-order valence-electron chi connectivity index (χ1n) is 5.31. The third-order valence-corrected chi connectivity index (χ3v) is 3.29. The molecule has 98 valence electrons. The minimum atomic E-state index is -1.05. The van der Waals surface area contributed by atoms with Crippen LogP contribution in [-0.2, 0) is 4.79 Å². The van der Waals surface area contributed by atoms with E-state index in [2.05, 4.69) is 21.2 Å². The summed E-state index contributed by atoms with van der Waals surface area (Å²) in [5.74, 6) is -1.69. The number of halogens is 2. The Bertz CT molecular complexity index is 476. The molecule has 1 aromatic carbocycles. The van der Waals surface area contributed by atoms with E-state index < -0.39 is 17.9 Å². The first-order valence-corrected chi connectivity index (χ1v) is 6.48. The molecular weight excluding hydrogens is 321 g/mol. The van der Waals surface area contributed by atoms with Crippen molar-refractivity contribution < 1.29 is 14.7 Å². The Morgan fingerprint density at radius 2 is 2.00 bits per heavy atom. The number of amides is 1. The standard InChI is InChI=1S/C12H13BrClNO3/c1-6(2)10(12(17)18)15-11(16)8-4-3-7(14)5-9(8)13/h3-6,10H,1-2H3,(H,15,16)(H,17,18)/t10-/m0/s1. The lowest BCUT2D eigenvalue weighted by Gasteiger charge is -2.18. The number of carbonyl (C=O) groups excluding carboxylic acids is 1. The van der Waals surface area contributed by atoms with E-state index in [4.69, 9.17) is 16.7 Å². The molecule has 0 aliphatic heterocycles. The van der Waals surface area contributed by atoms with Gasteiger partial charge in [-0.2, -0.15) is 0 Å². The van der Waals surface area contributed by atoms with Crippen LogP contribution in [0.15, 0.2) is 22.7 Å². The second-order valence-electron chi connectivity index (χ2n) is 4.16. The summed E-state index contributed by atoms with van der Waals surface area (Å²) in [6.45, 7) is 3.46. The number of hydrogen-bond donors (Lipinski definition) is 2. The van der Waals surface area contributed by atoms with Gasteiger partial charge in [-0.15, -0.1) is 0 Å². The lowest BCUT2D eigenvalue weighted by Crippen LogP contribution is -2.44. The van der Waals surface area contributed by atoms with Gasteiger partial charge < -0.3 is 10.4 Å². The molecule has 1 atom stereocenters. The van der Waals surface area contributed by atoms with Crippen LogP contribution in [0.25, 0.3) is 0 Å². The Morgan fingerprint density at radius 3 is 2.44 bits per heavy atom. The zero-order valence-electron chi connectivity index (χ0n) is 9.91. The summed E-state index contributed by atoms with van der Waals surface area (Å²) in [5.41, 5.74) is 0.353. The summed E-state index contributed by atoms with van der Waals surface area (Å²) in [5, 5.41) is 12.0. The summed E-state index contributed by atoms with van der Waals surface area (Å²) in [7, 11) is 0. The molecule has 0 saturated heterocycles. The molecular formula is C12H13BrClNO3. The first kappa shape index (κ1) is 15.0. The maximum absolute atomic E-state index is 11.9. The van der Waals surface area contributed by atoms with E-state index in [0.717, 1.165) is 0 Å². The second kappa shape index (κ2) is 6.20. The van der Waals surface area contributed by atoms with Gasteiger partial charge in [0, 0.05) is 9.50 Å². The molecule has 0 unspecified atom stereocenters. The van der Waals surface area contributed by atoms with E-state index in [9.17, 15) is 9.59 Å². The summed E-state index contributed by atoms with van der Waals surface area (Å²) < 4.78 is 0.528. The number of rotatable bonds is 4. The highest BCUT2D eigenvalue weighted by molar-refractivity contribution is 9.10. The molecule has 18 heavy (non-hydrogen) atoms. The van der Waals surface area contributed by atoms with Gasteiger partial charge in [-0.1, -0.05) is 25.4 Å². The maximum Gasteiger partial charge on any atom is 0.326 e. The molecule has 6 heteroatoms. The minimum Gasteiger partial charge on any atom is -0.480 e. The smallest absolute Gasteiger partial charge is 0.326 e. The van der Waals surface area contributed by atoms with Crippen LogP contribution in [0.1, 0.15) is 24.2 Å². The quantitative estimate of drug-likeness (QED) is 0.889. The van der Waals surface area contributed by atoms with Crippen LogP contribution >= 0.6 is 27.5 Å². The van der Waals surface area contributed by atoms with Crippen LogP contribution in [0.5, 0.6) is 0 Å². The van der Waals surface area contributed by atoms with Gasteiger partial charge in [-0.05, 0) is 40.0 Å². The van der Waals surface area contributed by atoms with Crippen LogP contribution in [0.3, 0.4) is 0 Å². The number of benzene rings is 1. The van der Waals surface area contributed by atoms with E-state index in [0.29, 0.717) is 15.1 Å². The van der Waals surface area contributed by atoms with Gasteiger partial charge in [0.15, 0.2) is 0 Å². The van der Waals surface area contributed by atoms with Crippen molar-refractivity contribution in [1.82, 2.24) is 5.32 Å². The molecule has 0 bridgehead atoms. The van der Waals surface area contributed by atoms with Crippen molar-refractivity contribution >= 4 is 39.4 Å². The largest absolute Gasteiger partial charge is 0.480 e. The topological polar surface area (TPSA) is 66.4 Å². The second-order valence-corrected chi connectivity index (χ2v) is 5.45. The van der Waals surface area contributed by atoms with E-state index in [-0.39, 0.29) is 5.92 Å². The highest BCUT2D eigenvalue weighted by Gasteiger charge is 2.24. The van der Waals surface area contributed by atoms with E-state index in [1.807, 2.05) is 0 Å². The highest BCUT2D eigenvalue weighted by atomic mass is 79.9. The van der Waals surface area contributed by atoms with E-state index >= 15 is 0 Å². The van der Waals surface area contributed by atoms with Crippen molar-refractivity contribution in [2.24, 2.45) is 5.92 Å². The third-order valence-electron chi connectivity index (χ3n) is 2.40.